The van der Waals surface area contributed by atoms with Crippen LogP contribution in [0.15, 0.2) is 0 Å². The SMILES string of the molecule is CCC(C)C(N)C(=O)NC(CO)C(=O)NC(C(=O)NC(C)C(=O)O)C(C)CC. The zero-order valence-corrected chi connectivity index (χ0v) is 17.2. The summed E-state index contributed by atoms with van der Waals surface area (Å²) in [5.74, 6) is -3.61. The molecule has 0 rings (SSSR count). The third-order valence-corrected chi connectivity index (χ3v) is 4.90. The predicted octanol–water partition coefficient (Wildman–Crippen LogP) is -1.04. The maximum atomic E-state index is 12.5. The number of carboxylic acid groups (broad SMARTS) is 1. The molecule has 0 heterocycles. The molecule has 0 aliphatic rings. The minimum absolute atomic E-state index is 0.112. The number of aliphatic hydroxyl groups is 1. The van der Waals surface area contributed by atoms with Gasteiger partial charge in [-0.1, -0.05) is 40.5 Å². The number of aliphatic hydroxyl groups excluding tert-OH is 1. The minimum Gasteiger partial charge on any atom is -0.480 e. The molecule has 0 saturated heterocycles. The molecule has 28 heavy (non-hydrogen) atoms. The Morgan fingerprint density at radius 1 is 0.857 bits per heavy atom. The van der Waals surface area contributed by atoms with Crippen LogP contribution in [-0.2, 0) is 19.2 Å². The zero-order chi connectivity index (χ0) is 22.0. The Labute approximate surface area is 165 Å². The molecule has 0 bridgehead atoms. The highest BCUT2D eigenvalue weighted by Gasteiger charge is 2.32. The van der Waals surface area contributed by atoms with E-state index in [0.29, 0.717) is 12.8 Å². The van der Waals surface area contributed by atoms with E-state index in [2.05, 4.69) is 16.0 Å². The summed E-state index contributed by atoms with van der Waals surface area (Å²) in [6.45, 7) is 7.84. The fourth-order valence-electron chi connectivity index (χ4n) is 2.30. The first-order valence-electron chi connectivity index (χ1n) is 9.50. The molecule has 0 aromatic carbocycles. The number of rotatable bonds is 12. The standard InChI is InChI=1S/C18H34N4O6/c1-6-9(3)13(19)16(25)21-12(8-23)15(24)22-14(10(4)7-2)17(26)20-11(5)18(27)28/h9-14,23H,6-8,19H2,1-5H3,(H,20,26)(H,21,25)(H,22,24)(H,27,28). The van der Waals surface area contributed by atoms with Crippen LogP contribution in [-0.4, -0.2) is 64.7 Å². The van der Waals surface area contributed by atoms with Crippen molar-refractivity contribution in [2.45, 2.75) is 71.6 Å². The van der Waals surface area contributed by atoms with E-state index in [4.69, 9.17) is 10.8 Å². The van der Waals surface area contributed by atoms with E-state index in [-0.39, 0.29) is 11.8 Å². The van der Waals surface area contributed by atoms with Gasteiger partial charge < -0.3 is 31.9 Å². The van der Waals surface area contributed by atoms with Crippen molar-refractivity contribution in [1.29, 1.82) is 0 Å². The zero-order valence-electron chi connectivity index (χ0n) is 17.2. The van der Waals surface area contributed by atoms with Crippen molar-refractivity contribution < 1.29 is 29.4 Å². The number of hydrogen-bond acceptors (Lipinski definition) is 6. The van der Waals surface area contributed by atoms with Crippen LogP contribution in [0.1, 0.15) is 47.5 Å². The van der Waals surface area contributed by atoms with Gasteiger partial charge in [-0.15, -0.1) is 0 Å². The Balaban J connectivity index is 5.18. The highest BCUT2D eigenvalue weighted by molar-refractivity contribution is 5.94. The van der Waals surface area contributed by atoms with Crippen LogP contribution in [0.2, 0.25) is 0 Å². The third-order valence-electron chi connectivity index (χ3n) is 4.90. The van der Waals surface area contributed by atoms with Crippen molar-refractivity contribution >= 4 is 23.7 Å². The van der Waals surface area contributed by atoms with Crippen LogP contribution >= 0.6 is 0 Å². The van der Waals surface area contributed by atoms with Crippen LogP contribution in [0.25, 0.3) is 0 Å². The number of amides is 3. The number of nitrogens with one attached hydrogen (secondary N) is 3. The molecule has 3 amide bonds. The number of hydrogen-bond donors (Lipinski definition) is 6. The molecule has 10 heteroatoms. The number of carbonyl (C=O) groups is 4. The molecule has 0 fully saturated rings. The third kappa shape index (κ3) is 7.81. The summed E-state index contributed by atoms with van der Waals surface area (Å²) < 4.78 is 0. The van der Waals surface area contributed by atoms with Crippen molar-refractivity contribution in [3.8, 4) is 0 Å². The van der Waals surface area contributed by atoms with E-state index >= 15 is 0 Å². The van der Waals surface area contributed by atoms with E-state index in [1.54, 1.807) is 13.8 Å². The summed E-state index contributed by atoms with van der Waals surface area (Å²) in [5, 5.41) is 25.6. The Morgan fingerprint density at radius 2 is 1.39 bits per heavy atom. The summed E-state index contributed by atoms with van der Waals surface area (Å²) in [4.78, 5) is 48.0. The highest BCUT2D eigenvalue weighted by Crippen LogP contribution is 2.09. The van der Waals surface area contributed by atoms with E-state index < -0.39 is 54.5 Å². The van der Waals surface area contributed by atoms with Gasteiger partial charge in [-0.2, -0.15) is 0 Å². The van der Waals surface area contributed by atoms with Crippen LogP contribution < -0.4 is 21.7 Å². The van der Waals surface area contributed by atoms with Crippen LogP contribution in [0.5, 0.6) is 0 Å². The van der Waals surface area contributed by atoms with Gasteiger partial charge in [0.25, 0.3) is 0 Å². The summed E-state index contributed by atoms with van der Waals surface area (Å²) in [6.07, 6.45) is 1.21. The molecule has 0 radical (unpaired) electrons. The summed E-state index contributed by atoms with van der Waals surface area (Å²) in [5.41, 5.74) is 5.83. The topological polar surface area (TPSA) is 171 Å². The van der Waals surface area contributed by atoms with E-state index in [1.807, 2.05) is 13.8 Å². The molecule has 7 N–H and O–H groups in total. The highest BCUT2D eigenvalue weighted by atomic mass is 16.4. The first kappa shape index (κ1) is 25.8. The molecule has 0 aliphatic heterocycles. The molecule has 0 aliphatic carbocycles. The van der Waals surface area contributed by atoms with Crippen LogP contribution in [0.4, 0.5) is 0 Å². The van der Waals surface area contributed by atoms with E-state index in [1.165, 1.54) is 6.92 Å². The van der Waals surface area contributed by atoms with Gasteiger partial charge in [-0.25, -0.2) is 0 Å². The fourth-order valence-corrected chi connectivity index (χ4v) is 2.30. The van der Waals surface area contributed by atoms with Crippen LogP contribution in [0.3, 0.4) is 0 Å². The van der Waals surface area contributed by atoms with Crippen LogP contribution in [0, 0.1) is 11.8 Å². The number of nitrogens with two attached hydrogens (primary N) is 1. The summed E-state index contributed by atoms with van der Waals surface area (Å²) in [6, 6.07) is -4.26. The lowest BCUT2D eigenvalue weighted by Crippen LogP contribution is -2.59. The van der Waals surface area contributed by atoms with Crippen molar-refractivity contribution in [3.05, 3.63) is 0 Å². The number of carboxylic acids is 1. The summed E-state index contributed by atoms with van der Waals surface area (Å²) >= 11 is 0. The van der Waals surface area contributed by atoms with Crippen molar-refractivity contribution in [1.82, 2.24) is 16.0 Å². The van der Waals surface area contributed by atoms with Gasteiger partial charge in [-0.05, 0) is 18.8 Å². The largest absolute Gasteiger partial charge is 0.480 e. The minimum atomic E-state index is -1.28. The van der Waals surface area contributed by atoms with Gasteiger partial charge in [-0.3, -0.25) is 19.2 Å². The first-order chi connectivity index (χ1) is 13.0. The molecule has 0 spiro atoms. The molecular formula is C18H34N4O6. The predicted molar refractivity (Wildman–Crippen MR) is 103 cm³/mol. The molecule has 0 aromatic rings. The second-order valence-electron chi connectivity index (χ2n) is 7.10. The van der Waals surface area contributed by atoms with Gasteiger partial charge in [0, 0.05) is 0 Å². The smallest absolute Gasteiger partial charge is 0.325 e. The molecule has 6 atom stereocenters. The molecule has 162 valence electrons. The Morgan fingerprint density at radius 3 is 1.82 bits per heavy atom. The van der Waals surface area contributed by atoms with Gasteiger partial charge in [0.1, 0.15) is 18.1 Å². The Hall–Kier alpha value is -2.20. The number of aliphatic carboxylic acids is 1. The average molecular weight is 402 g/mol. The normalized spacial score (nSPS) is 17.4. The first-order valence-corrected chi connectivity index (χ1v) is 9.50. The van der Waals surface area contributed by atoms with Gasteiger partial charge in [0.2, 0.25) is 17.7 Å². The lowest BCUT2D eigenvalue weighted by Gasteiger charge is -2.27. The van der Waals surface area contributed by atoms with Crippen molar-refractivity contribution in [3.63, 3.8) is 0 Å². The Bertz CT molecular complexity index is 556. The monoisotopic (exact) mass is 402 g/mol. The Kier molecular flexibility index (Phi) is 11.3. The second kappa shape index (κ2) is 12.3. The summed E-state index contributed by atoms with van der Waals surface area (Å²) in [7, 11) is 0. The fraction of sp³-hybridized carbons (Fsp3) is 0.778. The van der Waals surface area contributed by atoms with E-state index in [9.17, 15) is 24.3 Å². The molecule has 6 unspecified atom stereocenters. The van der Waals surface area contributed by atoms with Crippen molar-refractivity contribution in [2.24, 2.45) is 17.6 Å². The quantitative estimate of drug-likeness (QED) is 0.242. The molecule has 0 saturated carbocycles. The maximum Gasteiger partial charge on any atom is 0.325 e. The van der Waals surface area contributed by atoms with E-state index in [0.717, 1.165) is 0 Å². The molecule has 10 nitrogen and oxygen atoms in total. The molecule has 0 aromatic heterocycles. The van der Waals surface area contributed by atoms with Crippen molar-refractivity contribution in [2.75, 3.05) is 6.61 Å². The maximum absolute atomic E-state index is 12.5. The van der Waals surface area contributed by atoms with Gasteiger partial charge in [0.05, 0.1) is 12.6 Å². The second-order valence-corrected chi connectivity index (χ2v) is 7.10. The lowest BCUT2D eigenvalue weighted by molar-refractivity contribution is -0.142. The number of carbonyl (C=O) groups excluding carboxylic acids is 3. The van der Waals surface area contributed by atoms with Gasteiger partial charge >= 0.3 is 5.97 Å². The average Bonchev–Trinajstić information content (AvgIpc) is 2.67. The lowest BCUT2D eigenvalue weighted by atomic mass is 9.97. The molecular weight excluding hydrogens is 368 g/mol. The van der Waals surface area contributed by atoms with Gasteiger partial charge in [0.15, 0.2) is 0 Å².